The van der Waals surface area contributed by atoms with Gasteiger partial charge in [-0.05, 0) is 18.3 Å². The fraction of sp³-hybridized carbons (Fsp3) is 1.00. The van der Waals surface area contributed by atoms with Crippen molar-refractivity contribution in [2.45, 2.75) is 105 Å². The molecule has 0 heterocycles. The second-order valence-corrected chi connectivity index (χ2v) is 7.94. The first-order chi connectivity index (χ1) is 9.66. The first-order valence-electron chi connectivity index (χ1n) is 9.11. The third-order valence-corrected chi connectivity index (χ3v) is 5.08. The molecule has 0 saturated heterocycles. The van der Waals surface area contributed by atoms with Gasteiger partial charge in [0.05, 0.1) is 0 Å². The van der Waals surface area contributed by atoms with Crippen molar-refractivity contribution in [1.82, 2.24) is 0 Å². The lowest BCUT2D eigenvalue weighted by atomic mass is 9.73. The van der Waals surface area contributed by atoms with Crippen molar-refractivity contribution < 1.29 is 10.2 Å². The minimum absolute atomic E-state index is 0.372. The molecule has 0 aromatic heterocycles. The first kappa shape index (κ1) is 20.9. The monoisotopic (exact) mass is 300 g/mol. The molecule has 21 heavy (non-hydrogen) atoms. The fourth-order valence-electron chi connectivity index (χ4n) is 2.92. The Bertz CT molecular complexity index is 258. The second-order valence-electron chi connectivity index (χ2n) is 7.94. The predicted molar refractivity (Wildman–Crippen MR) is 92.2 cm³/mol. The van der Waals surface area contributed by atoms with Gasteiger partial charge in [-0.1, -0.05) is 86.5 Å². The zero-order valence-electron chi connectivity index (χ0n) is 15.4. The van der Waals surface area contributed by atoms with E-state index in [0.29, 0.717) is 18.3 Å². The third kappa shape index (κ3) is 8.21. The van der Waals surface area contributed by atoms with Gasteiger partial charge in [-0.2, -0.15) is 0 Å². The highest BCUT2D eigenvalue weighted by atomic mass is 16.5. The molecule has 0 bridgehead atoms. The summed E-state index contributed by atoms with van der Waals surface area (Å²) < 4.78 is 0. The number of rotatable bonds is 12. The topological polar surface area (TPSA) is 40.5 Å². The molecule has 2 N–H and O–H groups in total. The van der Waals surface area contributed by atoms with Crippen LogP contribution in [0.2, 0.25) is 0 Å². The molecule has 0 aliphatic carbocycles. The van der Waals surface area contributed by atoms with E-state index in [-0.39, 0.29) is 0 Å². The van der Waals surface area contributed by atoms with Crippen LogP contribution in [0.15, 0.2) is 0 Å². The van der Waals surface area contributed by atoms with E-state index in [1.165, 1.54) is 32.1 Å². The highest BCUT2D eigenvalue weighted by Crippen LogP contribution is 2.39. The molecule has 2 nitrogen and oxygen atoms in total. The molecule has 2 heteroatoms. The molecule has 0 aliphatic rings. The SMILES string of the molecule is CCCCC(C)CCC(C)(C)C(O)(O)CC(C)CCCC. The lowest BCUT2D eigenvalue weighted by molar-refractivity contribution is -0.245. The molecule has 0 aliphatic heterocycles. The van der Waals surface area contributed by atoms with Crippen LogP contribution >= 0.6 is 0 Å². The summed E-state index contributed by atoms with van der Waals surface area (Å²) in [6.07, 6.45) is 9.66. The number of hydrogen-bond donors (Lipinski definition) is 2. The summed E-state index contributed by atoms with van der Waals surface area (Å²) in [6, 6.07) is 0. The maximum absolute atomic E-state index is 10.6. The molecule has 2 atom stereocenters. The largest absolute Gasteiger partial charge is 0.365 e. The average Bonchev–Trinajstić information content (AvgIpc) is 2.39. The fourth-order valence-corrected chi connectivity index (χ4v) is 2.92. The molecule has 0 radical (unpaired) electrons. The maximum Gasteiger partial charge on any atom is 0.167 e. The van der Waals surface area contributed by atoms with Crippen molar-refractivity contribution in [2.75, 3.05) is 0 Å². The van der Waals surface area contributed by atoms with E-state index >= 15 is 0 Å². The summed E-state index contributed by atoms with van der Waals surface area (Å²) in [6.45, 7) is 12.8. The van der Waals surface area contributed by atoms with Crippen molar-refractivity contribution in [1.29, 1.82) is 0 Å². The number of unbranched alkanes of at least 4 members (excludes halogenated alkanes) is 2. The molecule has 0 fully saturated rings. The summed E-state index contributed by atoms with van der Waals surface area (Å²) in [5, 5.41) is 21.1. The molecular formula is C19H40O2. The predicted octanol–water partition coefficient (Wildman–Crippen LogP) is 5.52. The minimum atomic E-state index is -1.55. The van der Waals surface area contributed by atoms with Gasteiger partial charge in [-0.25, -0.2) is 0 Å². The second kappa shape index (κ2) is 9.84. The van der Waals surface area contributed by atoms with Crippen LogP contribution in [0.4, 0.5) is 0 Å². The number of hydrogen-bond acceptors (Lipinski definition) is 2. The van der Waals surface area contributed by atoms with Crippen LogP contribution in [0.5, 0.6) is 0 Å². The van der Waals surface area contributed by atoms with E-state index in [1.807, 2.05) is 13.8 Å². The zero-order valence-corrected chi connectivity index (χ0v) is 15.4. The number of aliphatic hydroxyl groups is 2. The molecule has 128 valence electrons. The van der Waals surface area contributed by atoms with Gasteiger partial charge < -0.3 is 10.2 Å². The van der Waals surface area contributed by atoms with Crippen LogP contribution in [-0.4, -0.2) is 16.0 Å². The highest BCUT2D eigenvalue weighted by molar-refractivity contribution is 4.86. The normalized spacial score (nSPS) is 16.0. The minimum Gasteiger partial charge on any atom is -0.365 e. The summed E-state index contributed by atoms with van der Waals surface area (Å²) in [5.41, 5.74) is -0.437. The van der Waals surface area contributed by atoms with Crippen LogP contribution in [0, 0.1) is 17.3 Å². The van der Waals surface area contributed by atoms with Crippen LogP contribution in [0.25, 0.3) is 0 Å². The summed E-state index contributed by atoms with van der Waals surface area (Å²) in [5.74, 6) is -0.501. The first-order valence-corrected chi connectivity index (χ1v) is 9.11. The van der Waals surface area contributed by atoms with Crippen molar-refractivity contribution >= 4 is 0 Å². The van der Waals surface area contributed by atoms with Gasteiger partial charge in [-0.3, -0.25) is 0 Å². The Morgan fingerprint density at radius 3 is 1.76 bits per heavy atom. The molecule has 0 aromatic rings. The van der Waals surface area contributed by atoms with Gasteiger partial charge in [0.25, 0.3) is 0 Å². The van der Waals surface area contributed by atoms with E-state index in [4.69, 9.17) is 0 Å². The van der Waals surface area contributed by atoms with Crippen LogP contribution in [0.1, 0.15) is 99.3 Å². The Hall–Kier alpha value is -0.0800. The van der Waals surface area contributed by atoms with E-state index in [1.54, 1.807) is 0 Å². The Morgan fingerprint density at radius 1 is 0.810 bits per heavy atom. The Labute approximate surface area is 133 Å². The standard InChI is InChI=1S/C19H40O2/c1-7-9-11-16(3)13-14-18(5,6)19(20,21)15-17(4)12-10-8-2/h16-17,20-21H,7-15H2,1-6H3. The lowest BCUT2D eigenvalue weighted by Crippen LogP contribution is -2.46. The van der Waals surface area contributed by atoms with Crippen molar-refractivity contribution in [3.8, 4) is 0 Å². The van der Waals surface area contributed by atoms with Crippen molar-refractivity contribution in [2.24, 2.45) is 17.3 Å². The third-order valence-electron chi connectivity index (χ3n) is 5.08. The average molecular weight is 301 g/mol. The molecular weight excluding hydrogens is 260 g/mol. The molecule has 0 aromatic carbocycles. The molecule has 0 amide bonds. The Kier molecular flexibility index (Phi) is 9.80. The molecule has 0 rings (SSSR count). The van der Waals surface area contributed by atoms with Crippen LogP contribution in [-0.2, 0) is 0 Å². The van der Waals surface area contributed by atoms with Crippen LogP contribution in [0.3, 0.4) is 0 Å². The zero-order chi connectivity index (χ0) is 16.5. The lowest BCUT2D eigenvalue weighted by Gasteiger charge is -2.40. The molecule has 0 spiro atoms. The maximum atomic E-state index is 10.6. The van der Waals surface area contributed by atoms with Crippen molar-refractivity contribution in [3.05, 3.63) is 0 Å². The summed E-state index contributed by atoms with van der Waals surface area (Å²) in [7, 11) is 0. The van der Waals surface area contributed by atoms with E-state index < -0.39 is 11.2 Å². The highest BCUT2D eigenvalue weighted by Gasteiger charge is 2.42. The van der Waals surface area contributed by atoms with Gasteiger partial charge in [-0.15, -0.1) is 0 Å². The van der Waals surface area contributed by atoms with E-state index in [9.17, 15) is 10.2 Å². The Balaban J connectivity index is 4.36. The van der Waals surface area contributed by atoms with Gasteiger partial charge in [0.2, 0.25) is 0 Å². The van der Waals surface area contributed by atoms with Gasteiger partial charge in [0.1, 0.15) is 0 Å². The molecule has 0 saturated carbocycles. The van der Waals surface area contributed by atoms with Gasteiger partial charge in [0.15, 0.2) is 5.79 Å². The molecule has 2 unspecified atom stereocenters. The smallest absolute Gasteiger partial charge is 0.167 e. The summed E-state index contributed by atoms with van der Waals surface area (Å²) >= 11 is 0. The Morgan fingerprint density at radius 2 is 1.29 bits per heavy atom. The van der Waals surface area contributed by atoms with E-state index in [0.717, 1.165) is 19.3 Å². The summed E-state index contributed by atoms with van der Waals surface area (Å²) in [4.78, 5) is 0. The van der Waals surface area contributed by atoms with E-state index in [2.05, 4.69) is 27.7 Å². The van der Waals surface area contributed by atoms with Crippen molar-refractivity contribution in [3.63, 3.8) is 0 Å². The van der Waals surface area contributed by atoms with Gasteiger partial charge >= 0.3 is 0 Å². The van der Waals surface area contributed by atoms with Crippen LogP contribution < -0.4 is 0 Å². The van der Waals surface area contributed by atoms with Gasteiger partial charge in [0, 0.05) is 11.8 Å². The quantitative estimate of drug-likeness (QED) is 0.466.